The molecule has 1 aromatic carbocycles. The summed E-state index contributed by atoms with van der Waals surface area (Å²) < 4.78 is 5.81. The molecule has 2 heterocycles. The highest BCUT2D eigenvalue weighted by Crippen LogP contribution is 2.36. The number of aromatic nitrogens is 1. The van der Waals surface area contributed by atoms with Crippen LogP contribution in [0.1, 0.15) is 26.7 Å². The Kier molecular flexibility index (Phi) is 4.70. The van der Waals surface area contributed by atoms with Crippen LogP contribution in [0.2, 0.25) is 0 Å². The van der Waals surface area contributed by atoms with Crippen LogP contribution in [-0.4, -0.2) is 28.9 Å². The number of nitrogens with zero attached hydrogens (tertiary/aromatic N) is 2. The predicted octanol–water partition coefficient (Wildman–Crippen LogP) is 3.00. The number of pyridine rings is 1. The lowest BCUT2D eigenvalue weighted by Gasteiger charge is -2.38. The summed E-state index contributed by atoms with van der Waals surface area (Å²) in [5.74, 6) is -0.00451. The van der Waals surface area contributed by atoms with Gasteiger partial charge >= 0.3 is 0 Å². The van der Waals surface area contributed by atoms with Crippen LogP contribution in [0.3, 0.4) is 0 Å². The third-order valence-corrected chi connectivity index (χ3v) is 4.17. The molecule has 0 aliphatic carbocycles. The first kappa shape index (κ1) is 17.0. The van der Waals surface area contributed by atoms with Gasteiger partial charge in [0.1, 0.15) is 0 Å². The van der Waals surface area contributed by atoms with Crippen LogP contribution in [0.15, 0.2) is 48.7 Å². The third kappa shape index (κ3) is 3.20. The zero-order valence-corrected chi connectivity index (χ0v) is 14.4. The second-order valence-electron chi connectivity index (χ2n) is 6.09. The minimum atomic E-state index is -1.64. The fraction of sp³-hybridized carbons (Fsp3) is 0.316. The van der Waals surface area contributed by atoms with Crippen LogP contribution in [0.5, 0.6) is 5.75 Å². The van der Waals surface area contributed by atoms with Crippen molar-refractivity contribution in [3.8, 4) is 5.75 Å². The van der Waals surface area contributed by atoms with Gasteiger partial charge in [-0.3, -0.25) is 14.5 Å². The summed E-state index contributed by atoms with van der Waals surface area (Å²) in [6.45, 7) is 4.05. The van der Waals surface area contributed by atoms with Gasteiger partial charge in [0.15, 0.2) is 11.6 Å². The van der Waals surface area contributed by atoms with Gasteiger partial charge in [0.2, 0.25) is 0 Å². The quantitative estimate of drug-likeness (QED) is 0.850. The SMILES string of the molecule is CCCCN1C(=O)[C@@](C)(C(=O)Nc2ccccc2)Oc2cccnc21. The summed E-state index contributed by atoms with van der Waals surface area (Å²) in [5, 5.41) is 2.76. The van der Waals surface area contributed by atoms with Crippen LogP contribution in [-0.2, 0) is 9.59 Å². The number of hydrogen-bond donors (Lipinski definition) is 1. The molecule has 6 nitrogen and oxygen atoms in total. The number of hydrogen-bond acceptors (Lipinski definition) is 4. The molecule has 1 aromatic heterocycles. The van der Waals surface area contributed by atoms with Crippen LogP contribution < -0.4 is 15.0 Å². The lowest BCUT2D eigenvalue weighted by Crippen LogP contribution is -2.61. The second-order valence-corrected chi connectivity index (χ2v) is 6.09. The van der Waals surface area contributed by atoms with Crippen LogP contribution in [0.25, 0.3) is 0 Å². The second kappa shape index (κ2) is 6.93. The molecule has 2 aromatic rings. The van der Waals surface area contributed by atoms with E-state index in [1.807, 2.05) is 25.1 Å². The predicted molar refractivity (Wildman–Crippen MR) is 95.6 cm³/mol. The van der Waals surface area contributed by atoms with E-state index in [4.69, 9.17) is 4.74 Å². The van der Waals surface area contributed by atoms with Gasteiger partial charge in [0, 0.05) is 18.4 Å². The Bertz CT molecular complexity index is 778. The topological polar surface area (TPSA) is 71.5 Å². The molecule has 0 saturated carbocycles. The lowest BCUT2D eigenvalue weighted by molar-refractivity contribution is -0.145. The fourth-order valence-electron chi connectivity index (χ4n) is 2.72. The number of rotatable bonds is 5. The molecule has 1 atom stereocenters. The van der Waals surface area contributed by atoms with Gasteiger partial charge < -0.3 is 10.1 Å². The highest BCUT2D eigenvalue weighted by molar-refractivity contribution is 6.19. The lowest BCUT2D eigenvalue weighted by atomic mass is 10.0. The van der Waals surface area contributed by atoms with Crippen molar-refractivity contribution < 1.29 is 14.3 Å². The molecular weight excluding hydrogens is 318 g/mol. The summed E-state index contributed by atoms with van der Waals surface area (Å²) in [6.07, 6.45) is 3.36. The number of amides is 2. The average molecular weight is 339 g/mol. The summed E-state index contributed by atoms with van der Waals surface area (Å²) in [5.41, 5.74) is -1.03. The van der Waals surface area contributed by atoms with Crippen molar-refractivity contribution in [2.75, 3.05) is 16.8 Å². The molecule has 3 rings (SSSR count). The van der Waals surface area contributed by atoms with E-state index < -0.39 is 17.4 Å². The van der Waals surface area contributed by atoms with Crippen molar-refractivity contribution >= 4 is 23.3 Å². The van der Waals surface area contributed by atoms with Crippen LogP contribution in [0, 0.1) is 0 Å². The maximum Gasteiger partial charge on any atom is 0.282 e. The number of nitrogens with one attached hydrogen (secondary N) is 1. The highest BCUT2D eigenvalue weighted by atomic mass is 16.5. The Hall–Kier alpha value is -2.89. The van der Waals surface area contributed by atoms with E-state index in [-0.39, 0.29) is 0 Å². The van der Waals surface area contributed by atoms with Crippen molar-refractivity contribution in [3.05, 3.63) is 48.7 Å². The van der Waals surface area contributed by atoms with E-state index in [1.165, 1.54) is 6.92 Å². The maximum atomic E-state index is 13.0. The smallest absolute Gasteiger partial charge is 0.282 e. The molecule has 0 bridgehead atoms. The van der Waals surface area contributed by atoms with E-state index >= 15 is 0 Å². The molecule has 25 heavy (non-hydrogen) atoms. The van der Waals surface area contributed by atoms with Gasteiger partial charge in [-0.15, -0.1) is 0 Å². The first-order valence-electron chi connectivity index (χ1n) is 8.38. The largest absolute Gasteiger partial charge is 0.464 e. The highest BCUT2D eigenvalue weighted by Gasteiger charge is 2.51. The molecule has 0 radical (unpaired) electrons. The Balaban J connectivity index is 1.92. The van der Waals surface area contributed by atoms with Crippen molar-refractivity contribution in [1.82, 2.24) is 4.98 Å². The summed E-state index contributed by atoms with van der Waals surface area (Å²) in [7, 11) is 0. The molecule has 1 aliphatic heterocycles. The molecule has 1 aliphatic rings. The van der Waals surface area contributed by atoms with E-state index in [9.17, 15) is 9.59 Å². The molecule has 0 saturated heterocycles. The number of anilines is 2. The normalized spacial score (nSPS) is 19.1. The molecular formula is C19H21N3O3. The van der Waals surface area contributed by atoms with Gasteiger partial charge in [-0.05, 0) is 37.6 Å². The molecule has 0 fully saturated rings. The van der Waals surface area contributed by atoms with Crippen molar-refractivity contribution in [3.63, 3.8) is 0 Å². The fourth-order valence-corrected chi connectivity index (χ4v) is 2.72. The number of benzene rings is 1. The first-order valence-corrected chi connectivity index (χ1v) is 8.38. The Morgan fingerprint density at radius 2 is 2.00 bits per heavy atom. The third-order valence-electron chi connectivity index (χ3n) is 4.17. The Morgan fingerprint density at radius 3 is 2.72 bits per heavy atom. The van der Waals surface area contributed by atoms with E-state index in [2.05, 4.69) is 10.3 Å². The van der Waals surface area contributed by atoms with E-state index in [0.717, 1.165) is 12.8 Å². The van der Waals surface area contributed by atoms with E-state index in [1.54, 1.807) is 35.4 Å². The van der Waals surface area contributed by atoms with Gasteiger partial charge in [-0.1, -0.05) is 31.5 Å². The van der Waals surface area contributed by atoms with Gasteiger partial charge in [-0.2, -0.15) is 0 Å². The molecule has 130 valence electrons. The van der Waals surface area contributed by atoms with Gasteiger partial charge in [0.25, 0.3) is 17.4 Å². The monoisotopic (exact) mass is 339 g/mol. The van der Waals surface area contributed by atoms with Gasteiger partial charge in [-0.25, -0.2) is 4.98 Å². The Labute approximate surface area is 146 Å². The first-order chi connectivity index (χ1) is 12.1. The minimum Gasteiger partial charge on any atom is -0.464 e. The van der Waals surface area contributed by atoms with Crippen molar-refractivity contribution in [1.29, 1.82) is 0 Å². The molecule has 1 N–H and O–H groups in total. The van der Waals surface area contributed by atoms with E-state index in [0.29, 0.717) is 23.8 Å². The van der Waals surface area contributed by atoms with Crippen molar-refractivity contribution in [2.45, 2.75) is 32.3 Å². The molecule has 0 unspecified atom stereocenters. The van der Waals surface area contributed by atoms with Crippen molar-refractivity contribution in [2.24, 2.45) is 0 Å². The maximum absolute atomic E-state index is 13.0. The number of ether oxygens (including phenoxy) is 1. The van der Waals surface area contributed by atoms with Crippen LogP contribution in [0.4, 0.5) is 11.5 Å². The zero-order valence-electron chi connectivity index (χ0n) is 14.4. The summed E-state index contributed by atoms with van der Waals surface area (Å²) in [6, 6.07) is 12.5. The number of unbranched alkanes of at least 4 members (excludes halogenated alkanes) is 1. The molecule has 6 heteroatoms. The number of carbonyl (C=O) groups excluding carboxylic acids is 2. The molecule has 2 amide bonds. The summed E-state index contributed by atoms with van der Waals surface area (Å²) >= 11 is 0. The molecule has 0 spiro atoms. The average Bonchev–Trinajstić information content (AvgIpc) is 2.63. The van der Waals surface area contributed by atoms with Crippen LogP contribution >= 0.6 is 0 Å². The zero-order chi connectivity index (χ0) is 17.9. The number of carbonyl (C=O) groups is 2. The number of para-hydroxylation sites is 1. The standard InChI is InChI=1S/C19H21N3O3/c1-3-4-13-22-16-15(11-8-12-20-16)25-19(2,18(22)24)17(23)21-14-9-6-5-7-10-14/h5-12H,3-4,13H2,1-2H3,(H,21,23)/t19-/m1/s1. The Morgan fingerprint density at radius 1 is 1.24 bits per heavy atom. The summed E-state index contributed by atoms with van der Waals surface area (Å²) in [4.78, 5) is 31.7. The van der Waals surface area contributed by atoms with Gasteiger partial charge in [0.05, 0.1) is 0 Å². The number of fused-ring (bicyclic) bond motifs is 1. The minimum absolute atomic E-state index is 0.402.